The zero-order valence-electron chi connectivity index (χ0n) is 8.82. The van der Waals surface area contributed by atoms with Gasteiger partial charge < -0.3 is 10.4 Å². The van der Waals surface area contributed by atoms with E-state index in [2.05, 4.69) is 27.3 Å². The predicted octanol–water partition coefficient (Wildman–Crippen LogP) is 2.26. The molecule has 0 spiro atoms. The molecule has 86 valence electrons. The molecule has 4 heteroatoms. The van der Waals surface area contributed by atoms with Crippen LogP contribution in [-0.2, 0) is 11.3 Å². The van der Waals surface area contributed by atoms with Crippen LogP contribution in [0.3, 0.4) is 0 Å². The number of aliphatic carboxylic acids is 1. The van der Waals surface area contributed by atoms with Gasteiger partial charge in [0.05, 0.1) is 5.92 Å². The number of carboxylic acids is 1. The van der Waals surface area contributed by atoms with Crippen molar-refractivity contribution in [2.75, 3.05) is 6.54 Å². The molecule has 2 N–H and O–H groups in total. The van der Waals surface area contributed by atoms with Crippen LogP contribution in [0, 0.1) is 11.8 Å². The summed E-state index contributed by atoms with van der Waals surface area (Å²) in [4.78, 5) is 10.6. The maximum absolute atomic E-state index is 10.6. The molecule has 1 aliphatic carbocycles. The van der Waals surface area contributed by atoms with Crippen molar-refractivity contribution in [3.05, 3.63) is 34.3 Å². The van der Waals surface area contributed by atoms with Crippen molar-refractivity contribution in [2.45, 2.75) is 13.0 Å². The van der Waals surface area contributed by atoms with Crippen LogP contribution in [-0.4, -0.2) is 17.6 Å². The van der Waals surface area contributed by atoms with E-state index in [-0.39, 0.29) is 5.92 Å². The van der Waals surface area contributed by atoms with Gasteiger partial charge in [0.2, 0.25) is 0 Å². The Balaban J connectivity index is 1.74. The molecule has 0 saturated heterocycles. The quantitative estimate of drug-likeness (QED) is 0.872. The van der Waals surface area contributed by atoms with Crippen LogP contribution in [0.1, 0.15) is 12.0 Å². The third-order valence-electron chi connectivity index (χ3n) is 2.92. The van der Waals surface area contributed by atoms with E-state index in [0.29, 0.717) is 5.92 Å². The molecule has 1 aromatic carbocycles. The molecule has 0 aliphatic heterocycles. The van der Waals surface area contributed by atoms with Crippen molar-refractivity contribution in [3.63, 3.8) is 0 Å². The Morgan fingerprint density at radius 1 is 1.50 bits per heavy atom. The summed E-state index contributed by atoms with van der Waals surface area (Å²) in [5.41, 5.74) is 1.20. The van der Waals surface area contributed by atoms with Crippen molar-refractivity contribution in [1.29, 1.82) is 0 Å². The summed E-state index contributed by atoms with van der Waals surface area (Å²) in [6.07, 6.45) is 0.818. The largest absolute Gasteiger partial charge is 0.481 e. The first-order valence-electron chi connectivity index (χ1n) is 5.35. The molecule has 16 heavy (non-hydrogen) atoms. The lowest BCUT2D eigenvalue weighted by molar-refractivity contribution is -0.138. The Bertz CT molecular complexity index is 394. The number of hydrogen-bond donors (Lipinski definition) is 2. The molecule has 0 aromatic heterocycles. The number of halogens is 1. The van der Waals surface area contributed by atoms with Gasteiger partial charge in [0.15, 0.2) is 0 Å². The first-order chi connectivity index (χ1) is 7.68. The normalized spacial score (nSPS) is 23.1. The molecule has 0 amide bonds. The highest BCUT2D eigenvalue weighted by Crippen LogP contribution is 2.37. The molecular weight excluding hydrogens is 270 g/mol. The van der Waals surface area contributed by atoms with Gasteiger partial charge in [-0.2, -0.15) is 0 Å². The van der Waals surface area contributed by atoms with Gasteiger partial charge in [-0.15, -0.1) is 0 Å². The van der Waals surface area contributed by atoms with Crippen molar-refractivity contribution in [1.82, 2.24) is 5.32 Å². The van der Waals surface area contributed by atoms with Crippen LogP contribution < -0.4 is 5.32 Å². The molecule has 1 fully saturated rings. The summed E-state index contributed by atoms with van der Waals surface area (Å²) in [7, 11) is 0. The van der Waals surface area contributed by atoms with Gasteiger partial charge in [-0.3, -0.25) is 4.79 Å². The zero-order chi connectivity index (χ0) is 11.5. The first-order valence-corrected chi connectivity index (χ1v) is 6.14. The van der Waals surface area contributed by atoms with E-state index >= 15 is 0 Å². The molecule has 1 aromatic rings. The third kappa shape index (κ3) is 2.83. The number of nitrogens with one attached hydrogen (secondary N) is 1. The first kappa shape index (κ1) is 11.6. The number of carbonyl (C=O) groups is 1. The third-order valence-corrected chi connectivity index (χ3v) is 3.69. The molecule has 2 unspecified atom stereocenters. The van der Waals surface area contributed by atoms with Gasteiger partial charge in [0.1, 0.15) is 0 Å². The molecule has 3 nitrogen and oxygen atoms in total. The average molecular weight is 284 g/mol. The summed E-state index contributed by atoms with van der Waals surface area (Å²) in [5, 5.41) is 12.0. The number of benzene rings is 1. The summed E-state index contributed by atoms with van der Waals surface area (Å²) >= 11 is 3.48. The fraction of sp³-hybridized carbons (Fsp3) is 0.417. The summed E-state index contributed by atoms with van der Waals surface area (Å²) in [6, 6.07) is 8.04. The van der Waals surface area contributed by atoms with Crippen molar-refractivity contribution in [3.8, 4) is 0 Å². The van der Waals surface area contributed by atoms with E-state index in [1.54, 1.807) is 0 Å². The molecule has 2 rings (SSSR count). The van der Waals surface area contributed by atoms with Crippen LogP contribution in [0.5, 0.6) is 0 Å². The monoisotopic (exact) mass is 283 g/mol. The highest BCUT2D eigenvalue weighted by Gasteiger charge is 2.42. The fourth-order valence-corrected chi connectivity index (χ4v) is 2.23. The van der Waals surface area contributed by atoms with Gasteiger partial charge in [0, 0.05) is 11.0 Å². The summed E-state index contributed by atoms with van der Waals surface area (Å²) in [5.74, 6) is -0.459. The maximum Gasteiger partial charge on any atom is 0.306 e. The predicted molar refractivity (Wildman–Crippen MR) is 65.1 cm³/mol. The number of hydrogen-bond acceptors (Lipinski definition) is 2. The zero-order valence-corrected chi connectivity index (χ0v) is 10.4. The van der Waals surface area contributed by atoms with Crippen molar-refractivity contribution >= 4 is 21.9 Å². The lowest BCUT2D eigenvalue weighted by Gasteiger charge is -2.05. The Morgan fingerprint density at radius 3 is 2.88 bits per heavy atom. The van der Waals surface area contributed by atoms with E-state index in [4.69, 9.17) is 5.11 Å². The van der Waals surface area contributed by atoms with E-state index < -0.39 is 5.97 Å². The Kier molecular flexibility index (Phi) is 3.61. The second-order valence-electron chi connectivity index (χ2n) is 4.16. The minimum Gasteiger partial charge on any atom is -0.481 e. The highest BCUT2D eigenvalue weighted by molar-refractivity contribution is 9.10. The van der Waals surface area contributed by atoms with Crippen LogP contribution in [0.2, 0.25) is 0 Å². The van der Waals surface area contributed by atoms with Crippen molar-refractivity contribution in [2.24, 2.45) is 11.8 Å². The van der Waals surface area contributed by atoms with Gasteiger partial charge in [-0.05, 0) is 30.5 Å². The lowest BCUT2D eigenvalue weighted by Crippen LogP contribution is -2.18. The van der Waals surface area contributed by atoms with Crippen LogP contribution in [0.25, 0.3) is 0 Å². The van der Waals surface area contributed by atoms with Crippen LogP contribution in [0.15, 0.2) is 28.7 Å². The van der Waals surface area contributed by atoms with Gasteiger partial charge in [0.25, 0.3) is 0 Å². The average Bonchev–Trinajstić information content (AvgIpc) is 3.00. The SMILES string of the molecule is O=C(O)C1CC1CNCc1ccccc1Br. The van der Waals surface area contributed by atoms with Gasteiger partial charge in [-0.1, -0.05) is 34.1 Å². The Morgan fingerprint density at radius 2 is 2.25 bits per heavy atom. The minimum absolute atomic E-state index is 0.119. The van der Waals surface area contributed by atoms with Gasteiger partial charge >= 0.3 is 5.97 Å². The van der Waals surface area contributed by atoms with E-state index in [9.17, 15) is 4.79 Å². The van der Waals surface area contributed by atoms with E-state index in [1.165, 1.54) is 5.56 Å². The lowest BCUT2D eigenvalue weighted by atomic mass is 10.2. The van der Waals surface area contributed by atoms with E-state index in [1.807, 2.05) is 18.2 Å². The maximum atomic E-state index is 10.6. The highest BCUT2D eigenvalue weighted by atomic mass is 79.9. The number of rotatable bonds is 5. The molecule has 0 radical (unpaired) electrons. The fourth-order valence-electron chi connectivity index (χ4n) is 1.81. The minimum atomic E-state index is -0.660. The molecule has 2 atom stereocenters. The Labute approximate surface area is 103 Å². The van der Waals surface area contributed by atoms with Crippen LogP contribution >= 0.6 is 15.9 Å². The Hall–Kier alpha value is -0.870. The second kappa shape index (κ2) is 4.97. The molecule has 1 aliphatic rings. The molecule has 0 bridgehead atoms. The molecule has 1 saturated carbocycles. The summed E-state index contributed by atoms with van der Waals surface area (Å²) < 4.78 is 1.09. The molecular formula is C12H14BrNO2. The van der Waals surface area contributed by atoms with Gasteiger partial charge in [-0.25, -0.2) is 0 Å². The topological polar surface area (TPSA) is 49.3 Å². The van der Waals surface area contributed by atoms with Crippen LogP contribution in [0.4, 0.5) is 0 Å². The van der Waals surface area contributed by atoms with Crippen molar-refractivity contribution < 1.29 is 9.90 Å². The van der Waals surface area contributed by atoms with E-state index in [0.717, 1.165) is 24.0 Å². The second-order valence-corrected chi connectivity index (χ2v) is 5.02. The smallest absolute Gasteiger partial charge is 0.306 e. The number of carboxylic acid groups (broad SMARTS) is 1. The standard InChI is InChI=1S/C12H14BrNO2/c13-11-4-2-1-3-8(11)6-14-7-9-5-10(9)12(15)16/h1-4,9-10,14H,5-7H2,(H,15,16). The molecule has 0 heterocycles. The summed E-state index contributed by atoms with van der Waals surface area (Å²) in [6.45, 7) is 1.57.